The second-order valence-corrected chi connectivity index (χ2v) is 5.14. The third kappa shape index (κ3) is 3.60. The molecular formula is C18H11F2N3O2. The number of nitrogens with zero attached hydrogens (tertiary/aromatic N) is 3. The van der Waals surface area contributed by atoms with E-state index in [1.54, 1.807) is 24.5 Å². The van der Waals surface area contributed by atoms with Crippen molar-refractivity contribution in [2.24, 2.45) is 0 Å². The zero-order valence-corrected chi connectivity index (χ0v) is 12.8. The Bertz CT molecular complexity index is 930. The number of benzene rings is 1. The lowest BCUT2D eigenvalue weighted by atomic mass is 9.98. The maximum Gasteiger partial charge on any atom is 0.280 e. The van der Waals surface area contributed by atoms with Gasteiger partial charge in [-0.3, -0.25) is 14.6 Å². The average molecular weight is 339 g/mol. The summed E-state index contributed by atoms with van der Waals surface area (Å²) in [5.74, 6) is -1.66. The summed E-state index contributed by atoms with van der Waals surface area (Å²) >= 11 is 0. The lowest BCUT2D eigenvalue weighted by Gasteiger charge is -2.05. The van der Waals surface area contributed by atoms with Gasteiger partial charge in [-0.25, -0.2) is 18.7 Å². The van der Waals surface area contributed by atoms with Crippen LogP contribution in [0.15, 0.2) is 61.3 Å². The molecule has 0 aliphatic carbocycles. The number of alkyl halides is 2. The van der Waals surface area contributed by atoms with Crippen molar-refractivity contribution in [3.05, 3.63) is 78.1 Å². The molecule has 0 spiro atoms. The largest absolute Gasteiger partial charge is 0.285 e. The van der Waals surface area contributed by atoms with Crippen LogP contribution in [0.5, 0.6) is 0 Å². The van der Waals surface area contributed by atoms with E-state index in [-0.39, 0.29) is 11.1 Å². The van der Waals surface area contributed by atoms with Gasteiger partial charge in [-0.05, 0) is 23.8 Å². The van der Waals surface area contributed by atoms with Gasteiger partial charge >= 0.3 is 0 Å². The van der Waals surface area contributed by atoms with E-state index >= 15 is 0 Å². The number of Topliss-reactive ketones (excluding diaryl/α,β-unsaturated/α-hetero) is 2. The Morgan fingerprint density at radius 1 is 0.880 bits per heavy atom. The minimum Gasteiger partial charge on any atom is -0.285 e. The predicted octanol–water partition coefficient (Wildman–Crippen LogP) is 3.54. The maximum absolute atomic E-state index is 12.7. The molecular weight excluding hydrogens is 328 g/mol. The van der Waals surface area contributed by atoms with E-state index in [0.29, 0.717) is 11.1 Å². The third-order valence-electron chi connectivity index (χ3n) is 3.49. The van der Waals surface area contributed by atoms with Crippen molar-refractivity contribution in [1.29, 1.82) is 0 Å². The van der Waals surface area contributed by atoms with Crippen LogP contribution >= 0.6 is 0 Å². The summed E-state index contributed by atoms with van der Waals surface area (Å²) in [4.78, 5) is 36.0. The molecule has 0 amide bonds. The number of hydrogen-bond acceptors (Lipinski definition) is 5. The Kier molecular flexibility index (Phi) is 4.65. The molecule has 0 aliphatic heterocycles. The molecule has 0 radical (unpaired) electrons. The molecule has 3 aromatic rings. The van der Waals surface area contributed by atoms with Crippen LogP contribution in [0, 0.1) is 0 Å². The molecule has 0 fully saturated rings. The van der Waals surface area contributed by atoms with Crippen LogP contribution in [0.25, 0.3) is 11.1 Å². The summed E-state index contributed by atoms with van der Waals surface area (Å²) in [5, 5.41) is 0. The number of ketones is 2. The fourth-order valence-corrected chi connectivity index (χ4v) is 2.26. The lowest BCUT2D eigenvalue weighted by molar-refractivity contribution is 0.0816. The van der Waals surface area contributed by atoms with E-state index in [0.717, 1.165) is 12.3 Å². The zero-order valence-electron chi connectivity index (χ0n) is 12.8. The second kappa shape index (κ2) is 7.04. The first-order valence-electron chi connectivity index (χ1n) is 7.25. The summed E-state index contributed by atoms with van der Waals surface area (Å²) in [6, 6.07) is 8.57. The van der Waals surface area contributed by atoms with Gasteiger partial charge < -0.3 is 0 Å². The van der Waals surface area contributed by atoms with E-state index in [2.05, 4.69) is 15.0 Å². The Morgan fingerprint density at radius 3 is 2.24 bits per heavy atom. The van der Waals surface area contributed by atoms with Crippen molar-refractivity contribution < 1.29 is 18.4 Å². The van der Waals surface area contributed by atoms with Crippen molar-refractivity contribution in [3.63, 3.8) is 0 Å². The number of halogens is 2. The fraction of sp³-hybridized carbons (Fsp3) is 0.0556. The van der Waals surface area contributed by atoms with Crippen LogP contribution < -0.4 is 0 Å². The average Bonchev–Trinajstić information content (AvgIpc) is 2.67. The smallest absolute Gasteiger partial charge is 0.280 e. The highest BCUT2D eigenvalue weighted by Crippen LogP contribution is 2.21. The highest BCUT2D eigenvalue weighted by molar-refractivity contribution is 6.49. The molecule has 0 atom stereocenters. The fourth-order valence-electron chi connectivity index (χ4n) is 2.26. The first kappa shape index (κ1) is 16.5. The van der Waals surface area contributed by atoms with Gasteiger partial charge in [0.2, 0.25) is 11.6 Å². The minimum absolute atomic E-state index is 0.122. The minimum atomic E-state index is -2.82. The molecule has 1 aromatic carbocycles. The highest BCUT2D eigenvalue weighted by atomic mass is 19.3. The van der Waals surface area contributed by atoms with Gasteiger partial charge in [-0.2, -0.15) is 0 Å². The van der Waals surface area contributed by atoms with Gasteiger partial charge in [0, 0.05) is 35.3 Å². The summed E-state index contributed by atoms with van der Waals surface area (Å²) < 4.78 is 25.4. The van der Waals surface area contributed by atoms with Gasteiger partial charge in [0.1, 0.15) is 12.0 Å². The van der Waals surface area contributed by atoms with Crippen LogP contribution in [0.3, 0.4) is 0 Å². The Balaban J connectivity index is 1.91. The Labute approximate surface area is 141 Å². The van der Waals surface area contributed by atoms with E-state index in [4.69, 9.17) is 0 Å². The van der Waals surface area contributed by atoms with Crippen molar-refractivity contribution in [2.45, 2.75) is 6.43 Å². The molecule has 0 unspecified atom stereocenters. The molecule has 5 nitrogen and oxygen atoms in total. The number of carbonyl (C=O) groups is 2. The maximum atomic E-state index is 12.7. The molecule has 0 bridgehead atoms. The molecule has 25 heavy (non-hydrogen) atoms. The van der Waals surface area contributed by atoms with E-state index in [1.807, 2.05) is 0 Å². The van der Waals surface area contributed by atoms with Crippen LogP contribution in [0.2, 0.25) is 0 Å². The molecule has 0 saturated carbocycles. The molecule has 2 aromatic heterocycles. The molecule has 7 heteroatoms. The third-order valence-corrected chi connectivity index (χ3v) is 3.49. The van der Waals surface area contributed by atoms with Gasteiger partial charge in [0.05, 0.1) is 0 Å². The zero-order chi connectivity index (χ0) is 17.8. The molecule has 0 N–H and O–H groups in total. The quantitative estimate of drug-likeness (QED) is 0.525. The van der Waals surface area contributed by atoms with E-state index in [9.17, 15) is 18.4 Å². The standard InChI is InChI=1S/C18H11F2N3O2/c19-18(20)15-7-13(4-5-23-15)17(25)16(24)12-3-1-2-11(6-12)14-8-21-10-22-9-14/h1-10,18H. The molecule has 124 valence electrons. The molecule has 2 heterocycles. The SMILES string of the molecule is O=C(C(=O)c1ccnc(C(F)F)c1)c1cccc(-c2cncnc2)c1. The monoisotopic (exact) mass is 339 g/mol. The van der Waals surface area contributed by atoms with Crippen molar-refractivity contribution in [3.8, 4) is 11.1 Å². The number of rotatable bonds is 5. The number of aromatic nitrogens is 3. The topological polar surface area (TPSA) is 72.8 Å². The number of carbonyl (C=O) groups excluding carboxylic acids is 2. The van der Waals surface area contributed by atoms with E-state index < -0.39 is 23.7 Å². The molecule has 0 saturated heterocycles. The van der Waals surface area contributed by atoms with Gasteiger partial charge in [0.25, 0.3) is 6.43 Å². The predicted molar refractivity (Wildman–Crippen MR) is 85.3 cm³/mol. The Hall–Kier alpha value is -3.35. The van der Waals surface area contributed by atoms with Crippen molar-refractivity contribution in [2.75, 3.05) is 0 Å². The lowest BCUT2D eigenvalue weighted by Crippen LogP contribution is -2.15. The first-order chi connectivity index (χ1) is 12.1. The van der Waals surface area contributed by atoms with E-state index in [1.165, 1.54) is 24.5 Å². The molecule has 3 rings (SSSR count). The van der Waals surface area contributed by atoms with Crippen LogP contribution in [0.1, 0.15) is 32.8 Å². The summed E-state index contributed by atoms with van der Waals surface area (Å²) in [6.07, 6.45) is 2.81. The van der Waals surface area contributed by atoms with Crippen LogP contribution in [-0.2, 0) is 0 Å². The first-order valence-corrected chi connectivity index (χ1v) is 7.25. The molecule has 0 aliphatic rings. The van der Waals surface area contributed by atoms with Gasteiger partial charge in [-0.1, -0.05) is 18.2 Å². The van der Waals surface area contributed by atoms with Crippen LogP contribution in [0.4, 0.5) is 8.78 Å². The number of pyridine rings is 1. The van der Waals surface area contributed by atoms with Gasteiger partial charge in [0.15, 0.2) is 0 Å². The van der Waals surface area contributed by atoms with Crippen molar-refractivity contribution in [1.82, 2.24) is 15.0 Å². The second-order valence-electron chi connectivity index (χ2n) is 5.14. The summed E-state index contributed by atoms with van der Waals surface area (Å²) in [7, 11) is 0. The van der Waals surface area contributed by atoms with Gasteiger partial charge in [-0.15, -0.1) is 0 Å². The summed E-state index contributed by atoms with van der Waals surface area (Å²) in [6.45, 7) is 0. The Morgan fingerprint density at radius 2 is 1.56 bits per heavy atom. The summed E-state index contributed by atoms with van der Waals surface area (Å²) in [5.41, 5.74) is 0.843. The van der Waals surface area contributed by atoms with Crippen LogP contribution in [-0.4, -0.2) is 26.5 Å². The normalized spacial score (nSPS) is 10.7. The van der Waals surface area contributed by atoms with Crippen molar-refractivity contribution >= 4 is 11.6 Å². The number of hydrogen-bond donors (Lipinski definition) is 0. The highest BCUT2D eigenvalue weighted by Gasteiger charge is 2.20.